The van der Waals surface area contributed by atoms with E-state index in [2.05, 4.69) is 34.2 Å². The van der Waals surface area contributed by atoms with Crippen LogP contribution >= 0.6 is 0 Å². The molecule has 6 heteroatoms. The minimum atomic E-state index is 0.0472. The molecule has 0 saturated carbocycles. The molecule has 1 aliphatic heterocycles. The fourth-order valence-corrected chi connectivity index (χ4v) is 3.19. The summed E-state index contributed by atoms with van der Waals surface area (Å²) in [5, 5.41) is 7.16. The number of aromatic nitrogens is 2. The minimum Gasteiger partial charge on any atom is -0.356 e. The van der Waals surface area contributed by atoms with Crippen LogP contribution in [0.1, 0.15) is 38.1 Å². The molecular weight excluding hydrogens is 328 g/mol. The lowest BCUT2D eigenvalue weighted by Gasteiger charge is -2.31. The number of carbonyl (C=O) groups is 1. The first-order valence-electron chi connectivity index (χ1n) is 9.41. The Morgan fingerprint density at radius 1 is 1.35 bits per heavy atom. The standard InChI is InChI=1S/C20H28N4O2/c1-14(2)11-21-19(25)17-5-4-10-24(12-17)13-18-22-20(26-23-18)16-8-6-15(3)7-9-16/h6-9,14,17H,4-5,10-13H2,1-3H3,(H,21,25)/t17-/m1/s1. The van der Waals surface area contributed by atoms with E-state index in [9.17, 15) is 4.79 Å². The Bertz CT molecular complexity index is 724. The van der Waals surface area contributed by atoms with Gasteiger partial charge in [-0.25, -0.2) is 0 Å². The van der Waals surface area contributed by atoms with Crippen LogP contribution in [0.4, 0.5) is 0 Å². The van der Waals surface area contributed by atoms with Crippen molar-refractivity contribution in [3.63, 3.8) is 0 Å². The van der Waals surface area contributed by atoms with Gasteiger partial charge in [-0.2, -0.15) is 4.98 Å². The summed E-state index contributed by atoms with van der Waals surface area (Å²) in [6.07, 6.45) is 1.96. The quantitative estimate of drug-likeness (QED) is 0.861. The van der Waals surface area contributed by atoms with Crippen LogP contribution in [0.25, 0.3) is 11.5 Å². The predicted molar refractivity (Wildman–Crippen MR) is 100 cm³/mol. The first kappa shape index (κ1) is 18.6. The van der Waals surface area contributed by atoms with Gasteiger partial charge in [0.25, 0.3) is 5.89 Å². The van der Waals surface area contributed by atoms with Gasteiger partial charge in [-0.15, -0.1) is 0 Å². The second-order valence-corrected chi connectivity index (χ2v) is 7.60. The molecule has 1 fully saturated rings. The number of nitrogens with one attached hydrogen (secondary N) is 1. The molecule has 2 aromatic rings. The van der Waals surface area contributed by atoms with Gasteiger partial charge in [-0.05, 0) is 44.4 Å². The van der Waals surface area contributed by atoms with Crippen LogP contribution in [0.5, 0.6) is 0 Å². The molecule has 1 aromatic carbocycles. The van der Waals surface area contributed by atoms with Crippen LogP contribution in [-0.2, 0) is 11.3 Å². The molecule has 0 radical (unpaired) electrons. The highest BCUT2D eigenvalue weighted by atomic mass is 16.5. The lowest BCUT2D eigenvalue weighted by Crippen LogP contribution is -2.43. The zero-order valence-electron chi connectivity index (χ0n) is 15.9. The Morgan fingerprint density at radius 2 is 2.12 bits per heavy atom. The van der Waals surface area contributed by atoms with Crippen molar-refractivity contribution in [2.24, 2.45) is 11.8 Å². The van der Waals surface area contributed by atoms with Crippen LogP contribution < -0.4 is 5.32 Å². The van der Waals surface area contributed by atoms with E-state index in [4.69, 9.17) is 4.52 Å². The average molecular weight is 356 g/mol. The maximum absolute atomic E-state index is 12.3. The fraction of sp³-hybridized carbons (Fsp3) is 0.550. The summed E-state index contributed by atoms with van der Waals surface area (Å²) in [5.74, 6) is 1.90. The third kappa shape index (κ3) is 4.91. The summed E-state index contributed by atoms with van der Waals surface area (Å²) in [4.78, 5) is 19.1. The highest BCUT2D eigenvalue weighted by Crippen LogP contribution is 2.21. The Kier molecular flexibility index (Phi) is 6.04. The molecule has 140 valence electrons. The lowest BCUT2D eigenvalue weighted by molar-refractivity contribution is -0.126. The van der Waals surface area contributed by atoms with E-state index in [0.29, 0.717) is 24.2 Å². The molecule has 1 saturated heterocycles. The molecule has 1 aliphatic rings. The van der Waals surface area contributed by atoms with Crippen molar-refractivity contribution < 1.29 is 9.32 Å². The summed E-state index contributed by atoms with van der Waals surface area (Å²) in [5.41, 5.74) is 2.13. The SMILES string of the molecule is Cc1ccc(-c2nc(CN3CCC[C@@H](C(=O)NCC(C)C)C3)no2)cc1. The zero-order valence-corrected chi connectivity index (χ0v) is 15.9. The smallest absolute Gasteiger partial charge is 0.257 e. The van der Waals surface area contributed by atoms with Gasteiger partial charge in [0.1, 0.15) is 0 Å². The lowest BCUT2D eigenvalue weighted by atomic mass is 9.97. The van der Waals surface area contributed by atoms with Crippen molar-refractivity contribution in [1.82, 2.24) is 20.4 Å². The molecule has 6 nitrogen and oxygen atoms in total. The Labute approximate surface area is 155 Å². The van der Waals surface area contributed by atoms with E-state index >= 15 is 0 Å². The third-order valence-electron chi connectivity index (χ3n) is 4.69. The highest BCUT2D eigenvalue weighted by Gasteiger charge is 2.26. The summed E-state index contributed by atoms with van der Waals surface area (Å²) >= 11 is 0. The molecule has 0 spiro atoms. The van der Waals surface area contributed by atoms with Crippen LogP contribution in [0.3, 0.4) is 0 Å². The normalized spacial score (nSPS) is 18.2. The molecule has 3 rings (SSSR count). The molecule has 26 heavy (non-hydrogen) atoms. The maximum Gasteiger partial charge on any atom is 0.257 e. The topological polar surface area (TPSA) is 71.3 Å². The van der Waals surface area contributed by atoms with E-state index in [1.165, 1.54) is 5.56 Å². The molecule has 1 amide bonds. The molecular formula is C20H28N4O2. The van der Waals surface area contributed by atoms with Gasteiger partial charge in [0.05, 0.1) is 12.5 Å². The Morgan fingerprint density at radius 3 is 2.85 bits per heavy atom. The van der Waals surface area contributed by atoms with Gasteiger partial charge < -0.3 is 9.84 Å². The van der Waals surface area contributed by atoms with Gasteiger partial charge in [0.2, 0.25) is 5.91 Å². The molecule has 2 heterocycles. The number of amides is 1. The summed E-state index contributed by atoms with van der Waals surface area (Å²) in [6, 6.07) is 8.04. The Balaban J connectivity index is 1.57. The minimum absolute atomic E-state index is 0.0472. The van der Waals surface area contributed by atoms with E-state index in [-0.39, 0.29) is 11.8 Å². The van der Waals surface area contributed by atoms with E-state index in [1.54, 1.807) is 0 Å². The molecule has 1 aromatic heterocycles. The second kappa shape index (κ2) is 8.45. The van der Waals surface area contributed by atoms with Crippen LogP contribution in [-0.4, -0.2) is 40.6 Å². The van der Waals surface area contributed by atoms with Crippen LogP contribution in [0, 0.1) is 18.8 Å². The van der Waals surface area contributed by atoms with Gasteiger partial charge in [-0.3, -0.25) is 9.69 Å². The molecule has 1 N–H and O–H groups in total. The fourth-order valence-electron chi connectivity index (χ4n) is 3.19. The molecule has 1 atom stereocenters. The molecule has 0 aliphatic carbocycles. The monoisotopic (exact) mass is 356 g/mol. The number of hydrogen-bond acceptors (Lipinski definition) is 5. The van der Waals surface area contributed by atoms with E-state index < -0.39 is 0 Å². The number of likely N-dealkylation sites (tertiary alicyclic amines) is 1. The van der Waals surface area contributed by atoms with Gasteiger partial charge >= 0.3 is 0 Å². The van der Waals surface area contributed by atoms with Crippen molar-refractivity contribution in [1.29, 1.82) is 0 Å². The number of piperidine rings is 1. The summed E-state index contributed by atoms with van der Waals surface area (Å²) in [7, 11) is 0. The number of hydrogen-bond donors (Lipinski definition) is 1. The number of carbonyl (C=O) groups excluding carboxylic acids is 1. The summed E-state index contributed by atoms with van der Waals surface area (Å²) < 4.78 is 5.40. The number of aryl methyl sites for hydroxylation is 1. The maximum atomic E-state index is 12.3. The average Bonchev–Trinajstić information content (AvgIpc) is 3.09. The molecule has 0 bridgehead atoms. The zero-order chi connectivity index (χ0) is 18.5. The van der Waals surface area contributed by atoms with E-state index in [0.717, 1.165) is 38.0 Å². The first-order chi connectivity index (χ1) is 12.5. The van der Waals surface area contributed by atoms with Gasteiger partial charge in [0.15, 0.2) is 5.82 Å². The van der Waals surface area contributed by atoms with Crippen molar-refractivity contribution in [2.75, 3.05) is 19.6 Å². The van der Waals surface area contributed by atoms with Gasteiger partial charge in [0, 0.05) is 18.7 Å². The summed E-state index contributed by atoms with van der Waals surface area (Å²) in [6.45, 7) is 9.32. The van der Waals surface area contributed by atoms with Crippen molar-refractivity contribution >= 4 is 5.91 Å². The van der Waals surface area contributed by atoms with Crippen molar-refractivity contribution in [3.05, 3.63) is 35.7 Å². The number of nitrogens with zero attached hydrogens (tertiary/aromatic N) is 3. The molecule has 0 unspecified atom stereocenters. The van der Waals surface area contributed by atoms with Gasteiger partial charge in [-0.1, -0.05) is 36.7 Å². The van der Waals surface area contributed by atoms with Crippen molar-refractivity contribution in [3.8, 4) is 11.5 Å². The predicted octanol–water partition coefficient (Wildman–Crippen LogP) is 3.03. The van der Waals surface area contributed by atoms with Crippen LogP contribution in [0.15, 0.2) is 28.8 Å². The number of benzene rings is 1. The van der Waals surface area contributed by atoms with Crippen LogP contribution in [0.2, 0.25) is 0 Å². The Hall–Kier alpha value is -2.21. The highest BCUT2D eigenvalue weighted by molar-refractivity contribution is 5.78. The first-order valence-corrected chi connectivity index (χ1v) is 9.41. The number of rotatable bonds is 6. The second-order valence-electron chi connectivity index (χ2n) is 7.60. The largest absolute Gasteiger partial charge is 0.356 e. The van der Waals surface area contributed by atoms with E-state index in [1.807, 2.05) is 31.2 Å². The van der Waals surface area contributed by atoms with Crippen molar-refractivity contribution in [2.45, 2.75) is 40.2 Å². The third-order valence-corrected chi connectivity index (χ3v) is 4.69.